The van der Waals surface area contributed by atoms with Crippen LogP contribution in [0.5, 0.6) is 0 Å². The summed E-state index contributed by atoms with van der Waals surface area (Å²) in [4.78, 5) is 11.0. The van der Waals surface area contributed by atoms with Gasteiger partial charge >= 0.3 is 0 Å². The molecule has 0 saturated heterocycles. The second-order valence-electron chi connectivity index (χ2n) is 2.87. The zero-order valence-electron chi connectivity index (χ0n) is 7.27. The number of hydrogen-bond acceptors (Lipinski definition) is 1. The van der Waals surface area contributed by atoms with Crippen molar-refractivity contribution < 1.29 is 4.79 Å². The predicted octanol–water partition coefficient (Wildman–Crippen LogP) is 2.57. The van der Waals surface area contributed by atoms with Crippen molar-refractivity contribution in [2.75, 3.05) is 0 Å². The summed E-state index contributed by atoms with van der Waals surface area (Å²) >= 11 is 0. The van der Waals surface area contributed by atoms with Crippen LogP contribution in [-0.2, 0) is 4.79 Å². The van der Waals surface area contributed by atoms with Crippen molar-refractivity contribution in [2.24, 2.45) is 5.92 Å². The fourth-order valence-electron chi connectivity index (χ4n) is 0.872. The van der Waals surface area contributed by atoms with E-state index in [0.29, 0.717) is 12.3 Å². The van der Waals surface area contributed by atoms with Gasteiger partial charge in [-0.3, -0.25) is 4.79 Å². The van der Waals surface area contributed by atoms with Gasteiger partial charge in [-0.25, -0.2) is 0 Å². The Bertz CT molecular complexity index is 143. The summed E-state index contributed by atoms with van der Waals surface area (Å²) in [6.07, 6.45) is 2.63. The van der Waals surface area contributed by atoms with Gasteiger partial charge in [-0.1, -0.05) is 26.8 Å². The Kier molecular flexibility index (Phi) is 4.01. The lowest BCUT2D eigenvalue weighted by Gasteiger charge is -1.99. The van der Waals surface area contributed by atoms with E-state index >= 15 is 0 Å². The van der Waals surface area contributed by atoms with E-state index in [1.807, 2.05) is 19.9 Å². The number of carbonyl (C=O) groups is 1. The van der Waals surface area contributed by atoms with Crippen LogP contribution in [0.25, 0.3) is 0 Å². The number of allylic oxidation sites excluding steroid dienone is 2. The number of carbonyl (C=O) groups excluding carboxylic acids is 1. The molecule has 0 aromatic heterocycles. The van der Waals surface area contributed by atoms with E-state index in [1.165, 1.54) is 0 Å². The van der Waals surface area contributed by atoms with Gasteiger partial charge in [-0.15, -0.1) is 0 Å². The monoisotopic (exact) mass is 140 g/mol. The molecule has 1 nitrogen and oxygen atoms in total. The molecule has 0 amide bonds. The number of hydrogen-bond donors (Lipinski definition) is 0. The molecule has 0 radical (unpaired) electrons. The summed E-state index contributed by atoms with van der Waals surface area (Å²) in [7, 11) is 0. The Hall–Kier alpha value is -0.590. The minimum Gasteiger partial charge on any atom is -0.295 e. The molecular formula is C9H16O. The highest BCUT2D eigenvalue weighted by atomic mass is 16.1. The van der Waals surface area contributed by atoms with Crippen LogP contribution in [0.15, 0.2) is 11.6 Å². The standard InChI is InChI=1S/C9H16O/c1-5-9(10)8(4)6-7(2)3/h6-7H,5H2,1-4H3. The molecule has 0 fully saturated rings. The van der Waals surface area contributed by atoms with Crippen LogP contribution in [-0.4, -0.2) is 5.78 Å². The van der Waals surface area contributed by atoms with Crippen LogP contribution < -0.4 is 0 Å². The average Bonchev–Trinajstić information content (AvgIpc) is 1.85. The first kappa shape index (κ1) is 9.41. The van der Waals surface area contributed by atoms with E-state index in [1.54, 1.807) is 0 Å². The van der Waals surface area contributed by atoms with Crippen molar-refractivity contribution in [1.29, 1.82) is 0 Å². The predicted molar refractivity (Wildman–Crippen MR) is 43.9 cm³/mol. The molecule has 0 aliphatic carbocycles. The molecule has 0 spiro atoms. The molecule has 0 aromatic rings. The molecule has 0 bridgehead atoms. The summed E-state index contributed by atoms with van der Waals surface area (Å²) in [5.41, 5.74) is 0.900. The molecule has 0 atom stereocenters. The Labute approximate surface area is 63.1 Å². The summed E-state index contributed by atoms with van der Waals surface area (Å²) in [6.45, 7) is 7.92. The van der Waals surface area contributed by atoms with Crippen LogP contribution in [0, 0.1) is 5.92 Å². The van der Waals surface area contributed by atoms with Crippen LogP contribution in [0.3, 0.4) is 0 Å². The maximum atomic E-state index is 11.0. The second kappa shape index (κ2) is 4.26. The maximum absolute atomic E-state index is 11.0. The van der Waals surface area contributed by atoms with E-state index in [-0.39, 0.29) is 5.78 Å². The molecule has 0 aliphatic rings. The molecule has 0 unspecified atom stereocenters. The Balaban J connectivity index is 4.05. The van der Waals surface area contributed by atoms with E-state index in [0.717, 1.165) is 5.57 Å². The summed E-state index contributed by atoms with van der Waals surface area (Å²) < 4.78 is 0. The Morgan fingerprint density at radius 1 is 1.50 bits per heavy atom. The van der Waals surface area contributed by atoms with Gasteiger partial charge in [-0.05, 0) is 18.4 Å². The van der Waals surface area contributed by atoms with Crippen LogP contribution in [0.2, 0.25) is 0 Å². The molecule has 0 aliphatic heterocycles. The van der Waals surface area contributed by atoms with E-state index in [9.17, 15) is 4.79 Å². The smallest absolute Gasteiger partial charge is 0.157 e. The van der Waals surface area contributed by atoms with Crippen molar-refractivity contribution >= 4 is 5.78 Å². The molecular weight excluding hydrogens is 124 g/mol. The number of ketones is 1. The molecule has 0 rings (SSSR count). The number of rotatable bonds is 3. The van der Waals surface area contributed by atoms with Crippen LogP contribution in [0.4, 0.5) is 0 Å². The van der Waals surface area contributed by atoms with E-state index in [2.05, 4.69) is 13.8 Å². The third kappa shape index (κ3) is 3.44. The highest BCUT2D eigenvalue weighted by Gasteiger charge is 2.00. The van der Waals surface area contributed by atoms with Crippen LogP contribution in [0.1, 0.15) is 34.1 Å². The van der Waals surface area contributed by atoms with Gasteiger partial charge in [0.1, 0.15) is 0 Å². The quantitative estimate of drug-likeness (QED) is 0.551. The summed E-state index contributed by atoms with van der Waals surface area (Å²) in [5.74, 6) is 0.740. The lowest BCUT2D eigenvalue weighted by Crippen LogP contribution is -1.97. The molecule has 0 aromatic carbocycles. The van der Waals surface area contributed by atoms with Crippen molar-refractivity contribution in [3.8, 4) is 0 Å². The average molecular weight is 140 g/mol. The van der Waals surface area contributed by atoms with Crippen molar-refractivity contribution in [2.45, 2.75) is 34.1 Å². The van der Waals surface area contributed by atoms with Crippen LogP contribution >= 0.6 is 0 Å². The lowest BCUT2D eigenvalue weighted by atomic mass is 10.1. The SMILES string of the molecule is CCC(=O)C(C)=CC(C)C. The first-order valence-electron chi connectivity index (χ1n) is 3.79. The van der Waals surface area contributed by atoms with Gasteiger partial charge < -0.3 is 0 Å². The van der Waals surface area contributed by atoms with Crippen molar-refractivity contribution in [1.82, 2.24) is 0 Å². The third-order valence-electron chi connectivity index (χ3n) is 1.34. The summed E-state index contributed by atoms with van der Waals surface area (Å²) in [5, 5.41) is 0. The molecule has 0 heterocycles. The van der Waals surface area contributed by atoms with Crippen molar-refractivity contribution in [3.05, 3.63) is 11.6 Å². The Morgan fingerprint density at radius 3 is 2.30 bits per heavy atom. The molecule has 0 saturated carbocycles. The second-order valence-corrected chi connectivity index (χ2v) is 2.87. The lowest BCUT2D eigenvalue weighted by molar-refractivity contribution is -0.115. The molecule has 58 valence electrons. The zero-order chi connectivity index (χ0) is 8.15. The Morgan fingerprint density at radius 2 is 2.00 bits per heavy atom. The van der Waals surface area contributed by atoms with Gasteiger partial charge in [0.25, 0.3) is 0 Å². The maximum Gasteiger partial charge on any atom is 0.157 e. The topological polar surface area (TPSA) is 17.1 Å². The van der Waals surface area contributed by atoms with Gasteiger partial charge in [0.05, 0.1) is 0 Å². The van der Waals surface area contributed by atoms with Gasteiger partial charge in [0.2, 0.25) is 0 Å². The van der Waals surface area contributed by atoms with E-state index < -0.39 is 0 Å². The van der Waals surface area contributed by atoms with Gasteiger partial charge in [0, 0.05) is 6.42 Å². The van der Waals surface area contributed by atoms with Gasteiger partial charge in [-0.2, -0.15) is 0 Å². The zero-order valence-corrected chi connectivity index (χ0v) is 7.27. The minimum atomic E-state index is 0.258. The fraction of sp³-hybridized carbons (Fsp3) is 0.667. The summed E-state index contributed by atoms with van der Waals surface area (Å²) in [6, 6.07) is 0. The largest absolute Gasteiger partial charge is 0.295 e. The molecule has 0 N–H and O–H groups in total. The normalized spacial score (nSPS) is 12.3. The number of Topliss-reactive ketones (excluding diaryl/α,β-unsaturated/α-hetero) is 1. The first-order chi connectivity index (χ1) is 4.57. The van der Waals surface area contributed by atoms with Crippen molar-refractivity contribution in [3.63, 3.8) is 0 Å². The third-order valence-corrected chi connectivity index (χ3v) is 1.34. The molecule has 1 heteroatoms. The van der Waals surface area contributed by atoms with E-state index in [4.69, 9.17) is 0 Å². The minimum absolute atomic E-state index is 0.258. The first-order valence-corrected chi connectivity index (χ1v) is 3.79. The highest BCUT2D eigenvalue weighted by Crippen LogP contribution is 2.03. The fourth-order valence-corrected chi connectivity index (χ4v) is 0.872. The molecule has 10 heavy (non-hydrogen) atoms. The van der Waals surface area contributed by atoms with Gasteiger partial charge in [0.15, 0.2) is 5.78 Å². The highest BCUT2D eigenvalue weighted by molar-refractivity contribution is 5.94.